The lowest BCUT2D eigenvalue weighted by Gasteiger charge is -2.38. The zero-order chi connectivity index (χ0) is 34.2. The van der Waals surface area contributed by atoms with Crippen molar-refractivity contribution in [3.63, 3.8) is 0 Å². The van der Waals surface area contributed by atoms with Gasteiger partial charge < -0.3 is 28.8 Å². The van der Waals surface area contributed by atoms with Gasteiger partial charge in [-0.2, -0.15) is 0 Å². The van der Waals surface area contributed by atoms with Crippen LogP contribution in [0.2, 0.25) is 0 Å². The van der Waals surface area contributed by atoms with E-state index in [1.807, 2.05) is 18.2 Å². The highest BCUT2D eigenvalue weighted by atomic mass is 16.5. The van der Waals surface area contributed by atoms with Gasteiger partial charge in [-0.1, -0.05) is 31.5 Å². The number of aliphatic hydroxyl groups is 1. The van der Waals surface area contributed by atoms with Gasteiger partial charge in [0, 0.05) is 41.9 Å². The Labute approximate surface area is 290 Å². The molecule has 8 heteroatoms. The standard InChI is InChI=1S/C41H48N2O6/c1-7-8-31-30-16-18-43(3)34-20-26-11-14-35(45-4)37(21-26)48-29-12-9-25(10-13-29)19-33-32-23-36(28(24-44)22-27(32)15-17-42(33)2)49-40(38(30)34)41(47-6)39(31)46-5/h9-14,21-23,33-34,44H,7-8,15-20,24H2,1-6H3/t33-,34-/m0/s1. The van der Waals surface area contributed by atoms with Gasteiger partial charge in [-0.3, -0.25) is 9.80 Å². The summed E-state index contributed by atoms with van der Waals surface area (Å²) in [4.78, 5) is 4.82. The van der Waals surface area contributed by atoms with E-state index in [-0.39, 0.29) is 18.7 Å². The van der Waals surface area contributed by atoms with E-state index in [2.05, 4.69) is 67.2 Å². The summed E-state index contributed by atoms with van der Waals surface area (Å²) >= 11 is 0. The zero-order valence-electron chi connectivity index (χ0n) is 29.6. The first-order valence-corrected chi connectivity index (χ1v) is 17.4. The number of nitrogens with zero attached hydrogens (tertiary/aromatic N) is 2. The van der Waals surface area contributed by atoms with Crippen LogP contribution in [0.3, 0.4) is 0 Å². The van der Waals surface area contributed by atoms with Crippen molar-refractivity contribution in [2.45, 2.75) is 64.1 Å². The molecule has 8 nitrogen and oxygen atoms in total. The second-order valence-electron chi connectivity index (χ2n) is 13.6. The molecule has 6 bridgehead atoms. The van der Waals surface area contributed by atoms with E-state index in [0.29, 0.717) is 35.2 Å². The summed E-state index contributed by atoms with van der Waals surface area (Å²) in [6.45, 7) is 3.90. The number of rotatable bonds is 6. The first-order valence-electron chi connectivity index (χ1n) is 17.4. The van der Waals surface area contributed by atoms with Gasteiger partial charge in [-0.05, 0) is 110 Å². The number of likely N-dealkylation sites (N-methyl/N-ethyl adjacent to an activating group) is 2. The largest absolute Gasteiger partial charge is 0.493 e. The highest BCUT2D eigenvalue weighted by molar-refractivity contribution is 5.67. The van der Waals surface area contributed by atoms with E-state index in [4.69, 9.17) is 23.7 Å². The second kappa shape index (κ2) is 13.9. The fourth-order valence-electron chi connectivity index (χ4n) is 8.07. The molecule has 0 aliphatic carbocycles. The van der Waals surface area contributed by atoms with Gasteiger partial charge in [0.1, 0.15) is 11.5 Å². The van der Waals surface area contributed by atoms with Crippen LogP contribution in [0.25, 0.3) is 0 Å². The third kappa shape index (κ3) is 6.11. The molecule has 4 aromatic carbocycles. The van der Waals surface area contributed by atoms with E-state index in [1.54, 1.807) is 21.3 Å². The Morgan fingerprint density at radius 2 is 1.49 bits per heavy atom. The molecule has 0 aromatic heterocycles. The molecule has 258 valence electrons. The summed E-state index contributed by atoms with van der Waals surface area (Å²) in [5.41, 5.74) is 9.13. The van der Waals surface area contributed by atoms with Crippen LogP contribution < -0.4 is 23.7 Å². The number of benzene rings is 4. The molecule has 2 atom stereocenters. The first kappa shape index (κ1) is 33.3. The van der Waals surface area contributed by atoms with Crippen molar-refractivity contribution in [3.8, 4) is 40.2 Å². The fraction of sp³-hybridized carbons (Fsp3) is 0.415. The van der Waals surface area contributed by atoms with Crippen LogP contribution in [0, 0.1) is 0 Å². The molecule has 0 fully saturated rings. The average molecular weight is 665 g/mol. The van der Waals surface area contributed by atoms with E-state index in [0.717, 1.165) is 73.4 Å². The molecule has 0 saturated carbocycles. The summed E-state index contributed by atoms with van der Waals surface area (Å²) in [7, 11) is 9.45. The highest BCUT2D eigenvalue weighted by Crippen LogP contribution is 2.53. The topological polar surface area (TPSA) is 72.9 Å². The van der Waals surface area contributed by atoms with Gasteiger partial charge in [0.05, 0.1) is 27.9 Å². The molecule has 1 N–H and O–H groups in total. The average Bonchev–Trinajstić information content (AvgIpc) is 3.11. The van der Waals surface area contributed by atoms with Crippen LogP contribution in [0.1, 0.15) is 69.9 Å². The molecular weight excluding hydrogens is 616 g/mol. The Balaban J connectivity index is 1.50. The molecule has 0 unspecified atom stereocenters. The maximum Gasteiger partial charge on any atom is 0.204 e. The molecular formula is C41H48N2O6. The Bertz CT molecular complexity index is 1840. The van der Waals surface area contributed by atoms with Crippen molar-refractivity contribution in [3.05, 3.63) is 99.1 Å². The maximum absolute atomic E-state index is 10.7. The maximum atomic E-state index is 10.7. The van der Waals surface area contributed by atoms with Crippen LogP contribution >= 0.6 is 0 Å². The lowest BCUT2D eigenvalue weighted by Crippen LogP contribution is -2.35. The van der Waals surface area contributed by atoms with Crippen molar-refractivity contribution in [1.29, 1.82) is 0 Å². The molecule has 4 aliphatic rings. The third-order valence-corrected chi connectivity index (χ3v) is 10.7. The Morgan fingerprint density at radius 3 is 2.20 bits per heavy atom. The monoisotopic (exact) mass is 664 g/mol. The van der Waals surface area contributed by atoms with Crippen LogP contribution in [-0.4, -0.2) is 63.4 Å². The van der Waals surface area contributed by atoms with Gasteiger partial charge in [0.15, 0.2) is 23.0 Å². The quantitative estimate of drug-likeness (QED) is 0.226. The van der Waals surface area contributed by atoms with E-state index in [1.165, 1.54) is 27.8 Å². The normalized spacial score (nSPS) is 18.8. The Morgan fingerprint density at radius 1 is 0.776 bits per heavy atom. The highest BCUT2D eigenvalue weighted by Gasteiger charge is 2.36. The van der Waals surface area contributed by atoms with Crippen LogP contribution in [0.5, 0.6) is 40.2 Å². The summed E-state index contributed by atoms with van der Waals surface area (Å²) in [6.07, 6.45) is 5.15. The van der Waals surface area contributed by atoms with Gasteiger partial charge in [-0.15, -0.1) is 0 Å². The number of ether oxygens (including phenoxy) is 5. The van der Waals surface area contributed by atoms with Gasteiger partial charge >= 0.3 is 0 Å². The molecule has 0 radical (unpaired) electrons. The van der Waals surface area contributed by atoms with E-state index in [9.17, 15) is 5.11 Å². The fourth-order valence-corrected chi connectivity index (χ4v) is 8.07. The zero-order valence-corrected chi connectivity index (χ0v) is 29.6. The number of methoxy groups -OCH3 is 3. The number of aliphatic hydroxyl groups excluding tert-OH is 1. The van der Waals surface area contributed by atoms with Gasteiger partial charge in [0.2, 0.25) is 5.75 Å². The summed E-state index contributed by atoms with van der Waals surface area (Å²) in [6, 6.07) is 19.0. The van der Waals surface area contributed by atoms with Crippen molar-refractivity contribution in [2.75, 3.05) is 48.5 Å². The molecule has 4 aromatic rings. The molecule has 0 amide bonds. The predicted molar refractivity (Wildman–Crippen MR) is 191 cm³/mol. The number of hydrogen-bond acceptors (Lipinski definition) is 8. The van der Waals surface area contributed by atoms with E-state index < -0.39 is 0 Å². The molecule has 0 spiro atoms. The minimum atomic E-state index is -0.127. The first-order chi connectivity index (χ1) is 23.9. The van der Waals surface area contributed by atoms with Crippen molar-refractivity contribution in [1.82, 2.24) is 9.80 Å². The van der Waals surface area contributed by atoms with Crippen molar-refractivity contribution < 1.29 is 28.8 Å². The van der Waals surface area contributed by atoms with Crippen LogP contribution in [-0.2, 0) is 38.7 Å². The number of fused-ring (bicyclic) bond motifs is 2. The van der Waals surface area contributed by atoms with Gasteiger partial charge in [-0.25, -0.2) is 0 Å². The van der Waals surface area contributed by atoms with E-state index >= 15 is 0 Å². The molecule has 4 heterocycles. The molecule has 0 saturated heterocycles. The molecule has 8 rings (SSSR count). The minimum absolute atomic E-state index is 0.0253. The molecule has 49 heavy (non-hydrogen) atoms. The minimum Gasteiger partial charge on any atom is -0.493 e. The smallest absolute Gasteiger partial charge is 0.204 e. The van der Waals surface area contributed by atoms with Crippen molar-refractivity contribution in [2.24, 2.45) is 0 Å². The second-order valence-corrected chi connectivity index (χ2v) is 13.6. The predicted octanol–water partition coefficient (Wildman–Crippen LogP) is 7.60. The summed E-state index contributed by atoms with van der Waals surface area (Å²) in [5.74, 6) is 4.76. The summed E-state index contributed by atoms with van der Waals surface area (Å²) in [5, 5.41) is 10.7. The molecule has 4 aliphatic heterocycles. The van der Waals surface area contributed by atoms with Crippen LogP contribution in [0.15, 0.2) is 54.6 Å². The van der Waals surface area contributed by atoms with Gasteiger partial charge in [0.25, 0.3) is 0 Å². The van der Waals surface area contributed by atoms with Crippen LogP contribution in [0.4, 0.5) is 0 Å². The third-order valence-electron chi connectivity index (χ3n) is 10.7. The SMILES string of the molecule is CCCc1c2c3c(c(OC)c1OC)Oc1cc4c(cc1CO)CCN(C)[C@H]4Cc1ccc(cc1)Oc1cc(ccc1OC)C[C@@H]3N(C)CC2. The Hall–Kier alpha value is -4.24. The Kier molecular flexibility index (Phi) is 9.46. The lowest BCUT2D eigenvalue weighted by atomic mass is 9.83. The number of hydrogen-bond donors (Lipinski definition) is 1. The lowest BCUT2D eigenvalue weighted by molar-refractivity contribution is 0.219. The van der Waals surface area contributed by atoms with Crippen molar-refractivity contribution >= 4 is 0 Å². The summed E-state index contributed by atoms with van der Waals surface area (Å²) < 4.78 is 31.7.